The highest BCUT2D eigenvalue weighted by atomic mass is 16.5. The molecule has 1 heterocycles. The number of Topliss-reactive ketones (excluding diaryl/α,β-unsaturated/α-hetero) is 1. The van der Waals surface area contributed by atoms with Gasteiger partial charge < -0.3 is 10.1 Å². The number of hydrogen-bond acceptors (Lipinski definition) is 4. The lowest BCUT2D eigenvalue weighted by Crippen LogP contribution is -2.32. The van der Waals surface area contributed by atoms with Crippen molar-refractivity contribution in [2.45, 2.75) is 26.8 Å². The molecule has 28 heavy (non-hydrogen) atoms. The monoisotopic (exact) mass is 378 g/mol. The van der Waals surface area contributed by atoms with Crippen LogP contribution in [0, 0.1) is 6.92 Å². The second kappa shape index (κ2) is 7.68. The van der Waals surface area contributed by atoms with Crippen LogP contribution in [-0.2, 0) is 4.79 Å². The SMILES string of the molecule is COc1cccc2c(C)cc(=O)n(C(C)C(=O)Nc3cccc(C(C)=O)c3)c12. The van der Waals surface area contributed by atoms with E-state index < -0.39 is 6.04 Å². The lowest BCUT2D eigenvalue weighted by molar-refractivity contribution is -0.118. The Bertz CT molecular complexity index is 1130. The summed E-state index contributed by atoms with van der Waals surface area (Å²) in [6.45, 7) is 4.98. The first-order valence-corrected chi connectivity index (χ1v) is 8.94. The molecule has 0 aliphatic carbocycles. The van der Waals surface area contributed by atoms with Crippen molar-refractivity contribution in [2.75, 3.05) is 12.4 Å². The summed E-state index contributed by atoms with van der Waals surface area (Å²) in [6.07, 6.45) is 0. The summed E-state index contributed by atoms with van der Waals surface area (Å²) in [4.78, 5) is 37.2. The van der Waals surface area contributed by atoms with Gasteiger partial charge in [0, 0.05) is 22.7 Å². The molecule has 0 bridgehead atoms. The Morgan fingerprint density at radius 1 is 1.11 bits per heavy atom. The number of ether oxygens (including phenoxy) is 1. The molecule has 0 aliphatic rings. The summed E-state index contributed by atoms with van der Waals surface area (Å²) in [6, 6.07) is 12.9. The molecule has 1 atom stereocenters. The number of carbonyl (C=O) groups excluding carboxylic acids is 2. The fourth-order valence-electron chi connectivity index (χ4n) is 3.26. The van der Waals surface area contributed by atoms with Crippen LogP contribution in [0.4, 0.5) is 5.69 Å². The number of para-hydroxylation sites is 1. The fraction of sp³-hybridized carbons (Fsp3) is 0.227. The van der Waals surface area contributed by atoms with Crippen LogP contribution in [0.2, 0.25) is 0 Å². The number of hydrogen-bond donors (Lipinski definition) is 1. The molecule has 3 rings (SSSR count). The lowest BCUT2D eigenvalue weighted by atomic mass is 10.1. The van der Waals surface area contributed by atoms with Crippen LogP contribution in [0.15, 0.2) is 53.3 Å². The summed E-state index contributed by atoms with van der Waals surface area (Å²) in [5.74, 6) is 0.0741. The number of methoxy groups -OCH3 is 1. The molecule has 144 valence electrons. The first-order chi connectivity index (χ1) is 13.3. The van der Waals surface area contributed by atoms with Gasteiger partial charge >= 0.3 is 0 Å². The molecular formula is C22H22N2O4. The largest absolute Gasteiger partial charge is 0.495 e. The number of ketones is 1. The highest BCUT2D eigenvalue weighted by Crippen LogP contribution is 2.28. The van der Waals surface area contributed by atoms with E-state index in [1.807, 2.05) is 19.1 Å². The average Bonchev–Trinajstić information content (AvgIpc) is 2.67. The van der Waals surface area contributed by atoms with E-state index in [-0.39, 0.29) is 17.2 Å². The van der Waals surface area contributed by atoms with Gasteiger partial charge in [-0.05, 0) is 44.5 Å². The van der Waals surface area contributed by atoms with Gasteiger partial charge in [0.1, 0.15) is 11.8 Å². The second-order valence-corrected chi connectivity index (χ2v) is 6.69. The highest BCUT2D eigenvalue weighted by molar-refractivity contribution is 5.98. The van der Waals surface area contributed by atoms with Crippen molar-refractivity contribution in [1.29, 1.82) is 0 Å². The number of aryl methyl sites for hydroxylation is 1. The van der Waals surface area contributed by atoms with Crippen LogP contribution in [0.5, 0.6) is 5.75 Å². The Morgan fingerprint density at radius 3 is 2.50 bits per heavy atom. The standard InChI is InChI=1S/C22H22N2O4/c1-13-11-20(26)24(21-18(13)9-6-10-19(21)28-4)14(2)22(27)23-17-8-5-7-16(12-17)15(3)25/h5-12,14H,1-4H3,(H,23,27). The van der Waals surface area contributed by atoms with Gasteiger partial charge in [-0.1, -0.05) is 24.3 Å². The maximum atomic E-state index is 12.9. The minimum Gasteiger partial charge on any atom is -0.495 e. The zero-order valence-electron chi connectivity index (χ0n) is 16.3. The first-order valence-electron chi connectivity index (χ1n) is 8.94. The van der Waals surface area contributed by atoms with Gasteiger partial charge in [0.15, 0.2) is 5.78 Å². The predicted octanol–water partition coefficient (Wildman–Crippen LogP) is 3.72. The van der Waals surface area contributed by atoms with E-state index >= 15 is 0 Å². The van der Waals surface area contributed by atoms with E-state index in [9.17, 15) is 14.4 Å². The number of fused-ring (bicyclic) bond motifs is 1. The number of nitrogens with one attached hydrogen (secondary N) is 1. The minimum absolute atomic E-state index is 0.0883. The number of carbonyl (C=O) groups is 2. The van der Waals surface area contributed by atoms with Crippen LogP contribution in [0.25, 0.3) is 10.9 Å². The van der Waals surface area contributed by atoms with Crippen molar-refractivity contribution in [3.63, 3.8) is 0 Å². The van der Waals surface area contributed by atoms with Gasteiger partial charge in [-0.25, -0.2) is 0 Å². The third-order valence-electron chi connectivity index (χ3n) is 4.77. The molecule has 6 nitrogen and oxygen atoms in total. The maximum absolute atomic E-state index is 12.9. The Balaban J connectivity index is 2.05. The van der Waals surface area contributed by atoms with E-state index in [0.717, 1.165) is 10.9 Å². The summed E-state index contributed by atoms with van der Waals surface area (Å²) in [5, 5.41) is 3.63. The van der Waals surface area contributed by atoms with Gasteiger partial charge in [0.2, 0.25) is 5.91 Å². The van der Waals surface area contributed by atoms with Crippen LogP contribution in [0.1, 0.15) is 35.8 Å². The van der Waals surface area contributed by atoms with Crippen molar-refractivity contribution < 1.29 is 14.3 Å². The molecule has 1 aromatic heterocycles. The van der Waals surface area contributed by atoms with E-state index in [1.54, 1.807) is 37.3 Å². The molecule has 1 amide bonds. The number of rotatable bonds is 5. The van der Waals surface area contributed by atoms with Gasteiger partial charge in [0.25, 0.3) is 5.56 Å². The summed E-state index contributed by atoms with van der Waals surface area (Å²) >= 11 is 0. The Labute approximate surface area is 162 Å². The van der Waals surface area contributed by atoms with Crippen molar-refractivity contribution in [3.05, 3.63) is 70.0 Å². The zero-order valence-corrected chi connectivity index (χ0v) is 16.3. The fourth-order valence-corrected chi connectivity index (χ4v) is 3.26. The molecule has 1 unspecified atom stereocenters. The smallest absolute Gasteiger partial charge is 0.252 e. The Morgan fingerprint density at radius 2 is 1.82 bits per heavy atom. The summed E-state index contributed by atoms with van der Waals surface area (Å²) in [5.41, 5.74) is 2.12. The Hall–Kier alpha value is -3.41. The molecule has 0 fully saturated rings. The molecule has 0 spiro atoms. The minimum atomic E-state index is -0.784. The van der Waals surface area contributed by atoms with Crippen LogP contribution in [-0.4, -0.2) is 23.4 Å². The van der Waals surface area contributed by atoms with Gasteiger partial charge in [-0.15, -0.1) is 0 Å². The van der Waals surface area contributed by atoms with Crippen molar-refractivity contribution in [1.82, 2.24) is 4.57 Å². The van der Waals surface area contributed by atoms with E-state index in [2.05, 4.69) is 5.32 Å². The van der Waals surface area contributed by atoms with Gasteiger partial charge in [-0.2, -0.15) is 0 Å². The normalized spacial score (nSPS) is 11.9. The lowest BCUT2D eigenvalue weighted by Gasteiger charge is -2.20. The highest BCUT2D eigenvalue weighted by Gasteiger charge is 2.21. The molecule has 0 aliphatic heterocycles. The van der Waals surface area contributed by atoms with Crippen molar-refractivity contribution >= 4 is 28.3 Å². The number of benzene rings is 2. The summed E-state index contributed by atoms with van der Waals surface area (Å²) in [7, 11) is 1.53. The maximum Gasteiger partial charge on any atom is 0.252 e. The van der Waals surface area contributed by atoms with Gasteiger partial charge in [-0.3, -0.25) is 19.0 Å². The first kappa shape index (κ1) is 19.4. The summed E-state index contributed by atoms with van der Waals surface area (Å²) < 4.78 is 6.88. The molecule has 3 aromatic rings. The quantitative estimate of drug-likeness (QED) is 0.687. The molecule has 0 saturated heterocycles. The molecule has 2 aromatic carbocycles. The number of anilines is 1. The molecule has 1 N–H and O–H groups in total. The van der Waals surface area contributed by atoms with Crippen LogP contribution >= 0.6 is 0 Å². The molecule has 6 heteroatoms. The average molecular weight is 378 g/mol. The van der Waals surface area contributed by atoms with E-state index in [0.29, 0.717) is 22.5 Å². The number of nitrogens with zero attached hydrogens (tertiary/aromatic N) is 1. The molecule has 0 saturated carbocycles. The van der Waals surface area contributed by atoms with Crippen molar-refractivity contribution in [3.8, 4) is 5.75 Å². The van der Waals surface area contributed by atoms with Crippen LogP contribution in [0.3, 0.4) is 0 Å². The third kappa shape index (κ3) is 3.53. The van der Waals surface area contributed by atoms with E-state index in [4.69, 9.17) is 4.74 Å². The zero-order chi connectivity index (χ0) is 20.4. The molecule has 0 radical (unpaired) electrons. The number of amides is 1. The second-order valence-electron chi connectivity index (χ2n) is 6.69. The number of pyridine rings is 1. The Kier molecular flexibility index (Phi) is 5.31. The predicted molar refractivity (Wildman–Crippen MR) is 109 cm³/mol. The van der Waals surface area contributed by atoms with Crippen LogP contribution < -0.4 is 15.6 Å². The van der Waals surface area contributed by atoms with E-state index in [1.165, 1.54) is 24.7 Å². The molecular weight excluding hydrogens is 356 g/mol. The van der Waals surface area contributed by atoms with Crippen molar-refractivity contribution in [2.24, 2.45) is 0 Å². The van der Waals surface area contributed by atoms with Gasteiger partial charge in [0.05, 0.1) is 12.6 Å². The topological polar surface area (TPSA) is 77.4 Å². The third-order valence-corrected chi connectivity index (χ3v) is 4.77. The number of aromatic nitrogens is 1.